The molecule has 8 nitrogen and oxygen atoms in total. The van der Waals surface area contributed by atoms with Crippen molar-refractivity contribution >= 4 is 5.88 Å². The Morgan fingerprint density at radius 1 is 0.968 bits per heavy atom. The van der Waals surface area contributed by atoms with Gasteiger partial charge in [0, 0.05) is 42.3 Å². The van der Waals surface area contributed by atoms with E-state index in [1.807, 2.05) is 6.20 Å². The van der Waals surface area contributed by atoms with Crippen LogP contribution in [0.15, 0.2) is 28.8 Å². The molecule has 0 aliphatic carbocycles. The molecular weight excluding hydrogens is 392 g/mol. The second-order valence-electron chi connectivity index (χ2n) is 10.7. The number of aromatic nitrogens is 1. The normalized spacial score (nSPS) is 44.1. The number of fused-ring (bicyclic) bond motifs is 3. The monoisotopic (exact) mass is 421 g/mol. The van der Waals surface area contributed by atoms with Crippen LogP contribution in [-0.4, -0.2) is 89.8 Å². The number of quaternary nitrogens is 1. The molecule has 8 aliphatic rings. The lowest BCUT2D eigenvalue weighted by atomic mass is 9.73. The minimum Gasteiger partial charge on any atom is -0.469 e. The minimum atomic E-state index is -0.0494. The molecule has 31 heavy (non-hydrogen) atoms. The van der Waals surface area contributed by atoms with Gasteiger partial charge in [0.1, 0.15) is 31.4 Å². The zero-order valence-corrected chi connectivity index (χ0v) is 17.9. The van der Waals surface area contributed by atoms with Crippen LogP contribution in [0.5, 0.6) is 5.88 Å². The van der Waals surface area contributed by atoms with Gasteiger partial charge in [-0.3, -0.25) is 4.90 Å². The molecule has 0 radical (unpaired) electrons. The van der Waals surface area contributed by atoms with Gasteiger partial charge in [0.2, 0.25) is 5.88 Å². The molecule has 162 valence electrons. The quantitative estimate of drug-likeness (QED) is 0.685. The van der Waals surface area contributed by atoms with Crippen molar-refractivity contribution in [2.45, 2.75) is 24.9 Å². The Balaban J connectivity index is 1.10. The minimum absolute atomic E-state index is 0.0494. The lowest BCUT2D eigenvalue weighted by Crippen LogP contribution is -2.80. The first-order valence-corrected chi connectivity index (χ1v) is 11.7. The zero-order valence-electron chi connectivity index (χ0n) is 17.9. The van der Waals surface area contributed by atoms with Gasteiger partial charge in [0.25, 0.3) is 5.88 Å². The summed E-state index contributed by atoms with van der Waals surface area (Å²) in [5.74, 6) is 3.50. The molecule has 10 rings (SSSR count). The van der Waals surface area contributed by atoms with Crippen LogP contribution >= 0.6 is 0 Å². The summed E-state index contributed by atoms with van der Waals surface area (Å²) in [7, 11) is 0. The third-order valence-electron chi connectivity index (χ3n) is 8.49. The molecule has 8 aliphatic heterocycles. The molecule has 1 spiro atoms. The van der Waals surface area contributed by atoms with Crippen molar-refractivity contribution in [2.24, 2.45) is 5.92 Å². The van der Waals surface area contributed by atoms with Gasteiger partial charge in [0.05, 0.1) is 20.0 Å². The lowest BCUT2D eigenvalue weighted by Gasteiger charge is -2.59. The predicted molar refractivity (Wildman–Crippen MR) is 115 cm³/mol. The molecule has 0 unspecified atom stereocenters. The van der Waals surface area contributed by atoms with Crippen molar-refractivity contribution in [3.8, 4) is 17.2 Å². The Bertz CT molecular complexity index is 1020. The molecule has 7 fully saturated rings. The average molecular weight is 422 g/mol. The number of furan rings is 1. The number of piperidine rings is 3. The molecule has 10 heterocycles. The number of ether oxygens (including phenoxy) is 1. The van der Waals surface area contributed by atoms with Crippen molar-refractivity contribution in [3.05, 3.63) is 30.0 Å². The van der Waals surface area contributed by atoms with E-state index in [-0.39, 0.29) is 5.60 Å². The van der Waals surface area contributed by atoms with Crippen molar-refractivity contribution < 1.29 is 9.15 Å². The largest absolute Gasteiger partial charge is 0.469 e. The van der Waals surface area contributed by atoms with E-state index in [4.69, 9.17) is 14.1 Å². The predicted octanol–water partition coefficient (Wildman–Crippen LogP) is 1.74. The fraction of sp³-hybridized carbons (Fsp3) is 0.609. The van der Waals surface area contributed by atoms with Crippen molar-refractivity contribution in [3.63, 3.8) is 0 Å². The third-order valence-corrected chi connectivity index (χ3v) is 8.49. The van der Waals surface area contributed by atoms with Gasteiger partial charge in [-0.1, -0.05) is 0 Å². The standard InChI is InChI=1S/C23H29N6O2/c1-2-21(29-14-26-11-27(15-29)13-28(12-26)16-29)30-20(1)18-7-17-8-23(31-22(17)24-9-18)10-25-5-3-19(23)4-6-25/h1-2,7,9,19H,3-6,8,10-16H2/q+1/t23-/m0/s1. The first kappa shape index (κ1) is 17.6. The SMILES string of the molecule is c1nc2c(cc1-c1ccc([N+]34CN5CN(CN(C5)C3)C4)o1)C[C@@]1(CN3CCC1CC3)O2. The molecule has 6 bridgehead atoms. The van der Waals surface area contributed by atoms with Crippen LogP contribution < -0.4 is 9.22 Å². The highest BCUT2D eigenvalue weighted by Crippen LogP contribution is 2.47. The number of hydrogen-bond acceptors (Lipinski definition) is 7. The highest BCUT2D eigenvalue weighted by atomic mass is 16.5. The molecule has 1 atom stereocenters. The second-order valence-corrected chi connectivity index (χ2v) is 10.7. The van der Waals surface area contributed by atoms with Gasteiger partial charge < -0.3 is 9.15 Å². The number of pyridine rings is 1. The lowest BCUT2D eigenvalue weighted by molar-refractivity contribution is -0.193. The Morgan fingerprint density at radius 3 is 2.39 bits per heavy atom. The first-order valence-electron chi connectivity index (χ1n) is 11.7. The van der Waals surface area contributed by atoms with Gasteiger partial charge in [-0.2, -0.15) is 0 Å². The van der Waals surface area contributed by atoms with Gasteiger partial charge in [0.15, 0.2) is 0 Å². The maximum absolute atomic E-state index is 6.53. The van der Waals surface area contributed by atoms with Crippen molar-refractivity contribution in [2.75, 3.05) is 59.6 Å². The first-order chi connectivity index (χ1) is 15.2. The summed E-state index contributed by atoms with van der Waals surface area (Å²) in [6.07, 6.45) is 5.43. The van der Waals surface area contributed by atoms with Crippen LogP contribution in [0.1, 0.15) is 18.4 Å². The van der Waals surface area contributed by atoms with Crippen molar-refractivity contribution in [1.82, 2.24) is 29.1 Å². The molecule has 2 aromatic rings. The molecule has 0 amide bonds. The zero-order chi connectivity index (χ0) is 20.2. The smallest absolute Gasteiger partial charge is 0.300 e. The highest BCUT2D eigenvalue weighted by Gasteiger charge is 2.53. The van der Waals surface area contributed by atoms with Crippen LogP contribution in [0.3, 0.4) is 0 Å². The Hall–Kier alpha value is -1.97. The maximum atomic E-state index is 6.53. The van der Waals surface area contributed by atoms with Gasteiger partial charge in [-0.25, -0.2) is 24.2 Å². The second kappa shape index (κ2) is 5.88. The van der Waals surface area contributed by atoms with Gasteiger partial charge in [-0.05, 0) is 38.1 Å². The summed E-state index contributed by atoms with van der Waals surface area (Å²) in [5, 5.41) is 0. The van der Waals surface area contributed by atoms with E-state index >= 15 is 0 Å². The molecule has 7 saturated heterocycles. The Morgan fingerprint density at radius 2 is 1.71 bits per heavy atom. The third kappa shape index (κ3) is 2.45. The van der Waals surface area contributed by atoms with Crippen LogP contribution in [0.2, 0.25) is 0 Å². The number of hydrogen-bond donors (Lipinski definition) is 0. The van der Waals surface area contributed by atoms with E-state index in [1.165, 1.54) is 31.5 Å². The fourth-order valence-electron chi connectivity index (χ4n) is 7.32. The van der Waals surface area contributed by atoms with Crippen LogP contribution in [0.25, 0.3) is 11.3 Å². The molecular formula is C23H29N6O2+. The molecule has 0 N–H and O–H groups in total. The number of nitrogens with zero attached hydrogens (tertiary/aromatic N) is 6. The topological polar surface area (TPSA) is 48.2 Å². The number of rotatable bonds is 2. The average Bonchev–Trinajstić information content (AvgIpc) is 3.38. The van der Waals surface area contributed by atoms with Crippen LogP contribution in [-0.2, 0) is 6.42 Å². The van der Waals surface area contributed by atoms with Crippen LogP contribution in [0, 0.1) is 5.92 Å². The summed E-state index contributed by atoms with van der Waals surface area (Å²) >= 11 is 0. The molecule has 0 aromatic carbocycles. The van der Waals surface area contributed by atoms with E-state index in [9.17, 15) is 0 Å². The summed E-state index contributed by atoms with van der Waals surface area (Å²) in [6.45, 7) is 9.87. The highest BCUT2D eigenvalue weighted by molar-refractivity contribution is 5.61. The molecule has 2 aromatic heterocycles. The van der Waals surface area contributed by atoms with Gasteiger partial charge in [-0.15, -0.1) is 0 Å². The van der Waals surface area contributed by atoms with Crippen molar-refractivity contribution in [1.29, 1.82) is 0 Å². The van der Waals surface area contributed by atoms with E-state index < -0.39 is 0 Å². The maximum Gasteiger partial charge on any atom is 0.300 e. The van der Waals surface area contributed by atoms with Gasteiger partial charge >= 0.3 is 0 Å². The summed E-state index contributed by atoms with van der Waals surface area (Å²) in [5.41, 5.74) is 2.27. The molecule has 8 heteroatoms. The van der Waals surface area contributed by atoms with Crippen LogP contribution in [0.4, 0.5) is 5.88 Å². The van der Waals surface area contributed by atoms with E-state index in [2.05, 4.69) is 37.8 Å². The van der Waals surface area contributed by atoms with E-state index in [0.717, 1.165) is 80.5 Å². The van der Waals surface area contributed by atoms with E-state index in [1.54, 1.807) is 0 Å². The summed E-state index contributed by atoms with van der Waals surface area (Å²) in [6, 6.07) is 6.58. The Kier molecular flexibility index (Phi) is 3.33. The summed E-state index contributed by atoms with van der Waals surface area (Å²) in [4.78, 5) is 14.8. The fourth-order valence-corrected chi connectivity index (χ4v) is 7.32. The summed E-state index contributed by atoms with van der Waals surface area (Å²) < 4.78 is 13.9. The molecule has 0 saturated carbocycles. The Labute approximate surface area is 182 Å². The van der Waals surface area contributed by atoms with E-state index in [0.29, 0.717) is 5.92 Å².